The van der Waals surface area contributed by atoms with Crippen molar-refractivity contribution in [1.29, 1.82) is 0 Å². The van der Waals surface area contributed by atoms with Gasteiger partial charge in [0.2, 0.25) is 11.9 Å². The lowest BCUT2D eigenvalue weighted by Crippen LogP contribution is -2.16. The lowest BCUT2D eigenvalue weighted by Gasteiger charge is -2.04. The first kappa shape index (κ1) is 15.5. The van der Waals surface area contributed by atoms with E-state index in [0.29, 0.717) is 22.4 Å². The lowest BCUT2D eigenvalue weighted by molar-refractivity contribution is 0.942. The largest absolute Gasteiger partial charge is 0.368 e. The maximum atomic E-state index is 5.96. The van der Waals surface area contributed by atoms with Crippen LogP contribution < -0.4 is 11.1 Å². The zero-order valence-corrected chi connectivity index (χ0v) is 13.7. The Labute approximate surface area is 144 Å². The van der Waals surface area contributed by atoms with Gasteiger partial charge in [0.25, 0.3) is 0 Å². The van der Waals surface area contributed by atoms with Crippen LogP contribution in [0.3, 0.4) is 0 Å². The highest BCUT2D eigenvalue weighted by Gasteiger charge is 2.11. The second-order valence-corrected chi connectivity index (χ2v) is 5.80. The second kappa shape index (κ2) is 6.76. The predicted molar refractivity (Wildman–Crippen MR) is 97.3 cm³/mol. The van der Waals surface area contributed by atoms with Crippen LogP contribution in [-0.2, 0) is 6.42 Å². The summed E-state index contributed by atoms with van der Waals surface area (Å²) >= 11 is 11.4. The van der Waals surface area contributed by atoms with E-state index in [-0.39, 0.29) is 5.95 Å². The van der Waals surface area contributed by atoms with Gasteiger partial charge in [0.05, 0.1) is 0 Å². The van der Waals surface area contributed by atoms with Crippen molar-refractivity contribution in [3.63, 3.8) is 0 Å². The van der Waals surface area contributed by atoms with Gasteiger partial charge in [-0.05, 0) is 23.8 Å². The third kappa shape index (κ3) is 3.85. The van der Waals surface area contributed by atoms with Crippen molar-refractivity contribution in [3.8, 4) is 0 Å². The molecule has 0 aliphatic heterocycles. The zero-order valence-electron chi connectivity index (χ0n) is 12.1. The molecule has 0 unspecified atom stereocenters. The first-order valence-electron chi connectivity index (χ1n) is 6.94. The number of halogens is 1. The summed E-state index contributed by atoms with van der Waals surface area (Å²) in [6.45, 7) is 0. The van der Waals surface area contributed by atoms with E-state index in [0.717, 1.165) is 11.3 Å². The van der Waals surface area contributed by atoms with E-state index in [9.17, 15) is 0 Å². The number of hydrogen-bond donors (Lipinski definition) is 2. The summed E-state index contributed by atoms with van der Waals surface area (Å²) in [7, 11) is 0. The predicted octanol–water partition coefficient (Wildman–Crippen LogP) is 3.68. The van der Waals surface area contributed by atoms with Crippen molar-refractivity contribution in [2.45, 2.75) is 6.42 Å². The fourth-order valence-corrected chi connectivity index (χ4v) is 2.59. The number of thiocarbonyl (C=S) groups is 1. The Morgan fingerprint density at radius 1 is 1.17 bits per heavy atom. The van der Waals surface area contributed by atoms with E-state index in [4.69, 9.17) is 29.6 Å². The number of hydrogen-bond acceptors (Lipinski definition) is 5. The molecule has 0 aliphatic carbocycles. The minimum absolute atomic E-state index is 0.246. The van der Waals surface area contributed by atoms with Gasteiger partial charge in [-0.15, -0.1) is 5.10 Å². The van der Waals surface area contributed by atoms with Crippen molar-refractivity contribution in [2.75, 3.05) is 11.1 Å². The van der Waals surface area contributed by atoms with E-state index < -0.39 is 0 Å². The van der Waals surface area contributed by atoms with Gasteiger partial charge in [0.15, 0.2) is 0 Å². The molecule has 3 N–H and O–H groups in total. The summed E-state index contributed by atoms with van der Waals surface area (Å²) in [5.41, 5.74) is 7.79. The molecule has 1 aromatic heterocycles. The summed E-state index contributed by atoms with van der Waals surface area (Å²) in [4.78, 5) is 4.77. The number of benzene rings is 2. The number of nitrogens with two attached hydrogens (primary N) is 1. The number of nitrogen functional groups attached to an aromatic ring is 1. The van der Waals surface area contributed by atoms with Gasteiger partial charge >= 0.3 is 0 Å². The van der Waals surface area contributed by atoms with Crippen LogP contribution in [0.25, 0.3) is 0 Å². The van der Waals surface area contributed by atoms with Crippen LogP contribution in [0, 0.1) is 0 Å². The molecule has 0 atom stereocenters. The lowest BCUT2D eigenvalue weighted by atomic mass is 10.1. The Hall–Kier alpha value is -2.44. The quantitative estimate of drug-likeness (QED) is 0.707. The standard InChI is InChI=1S/C16H14ClN5S/c17-12-7-4-8-13(10-12)19-16-20-15(18)22(21-16)14(23)9-11-5-2-1-3-6-11/h1-8,10H,9H2,(H3,18,19,20,21). The van der Waals surface area contributed by atoms with Crippen molar-refractivity contribution >= 4 is 46.4 Å². The Morgan fingerprint density at radius 2 is 1.96 bits per heavy atom. The molecule has 0 aliphatic rings. The Balaban J connectivity index is 1.76. The van der Waals surface area contributed by atoms with Gasteiger partial charge in [-0.25, -0.2) is 0 Å². The molecule has 0 fully saturated rings. The molecular weight excluding hydrogens is 330 g/mol. The highest BCUT2D eigenvalue weighted by atomic mass is 35.5. The Morgan fingerprint density at radius 3 is 2.70 bits per heavy atom. The van der Waals surface area contributed by atoms with E-state index in [1.807, 2.05) is 42.5 Å². The highest BCUT2D eigenvalue weighted by Crippen LogP contribution is 2.19. The minimum Gasteiger partial charge on any atom is -0.368 e. The van der Waals surface area contributed by atoms with Crippen LogP contribution in [0.4, 0.5) is 17.6 Å². The van der Waals surface area contributed by atoms with Crippen LogP contribution >= 0.6 is 23.8 Å². The van der Waals surface area contributed by atoms with E-state index >= 15 is 0 Å². The van der Waals surface area contributed by atoms with Crippen LogP contribution in [-0.4, -0.2) is 19.8 Å². The third-order valence-electron chi connectivity index (χ3n) is 3.15. The fourth-order valence-electron chi connectivity index (χ4n) is 2.10. The SMILES string of the molecule is Nc1nc(Nc2cccc(Cl)c2)nn1C(=S)Cc1ccccc1. The number of aromatic nitrogens is 3. The molecule has 1 heterocycles. The van der Waals surface area contributed by atoms with E-state index in [1.54, 1.807) is 12.1 Å². The number of rotatable bonds is 4. The molecule has 7 heteroatoms. The molecule has 0 radical (unpaired) electrons. The average molecular weight is 344 g/mol. The normalized spacial score (nSPS) is 10.5. The monoisotopic (exact) mass is 343 g/mol. The maximum absolute atomic E-state index is 5.96. The molecule has 5 nitrogen and oxygen atoms in total. The Bertz CT molecular complexity index is 831. The van der Waals surface area contributed by atoms with Crippen molar-refractivity contribution in [2.24, 2.45) is 0 Å². The molecule has 2 aromatic carbocycles. The minimum atomic E-state index is 0.246. The van der Waals surface area contributed by atoms with Crippen LogP contribution in [0.5, 0.6) is 0 Å². The second-order valence-electron chi connectivity index (χ2n) is 4.90. The number of nitrogens with one attached hydrogen (secondary N) is 1. The van der Waals surface area contributed by atoms with Gasteiger partial charge in [-0.1, -0.05) is 60.2 Å². The van der Waals surface area contributed by atoms with E-state index in [2.05, 4.69) is 15.4 Å². The molecular formula is C16H14ClN5S. The number of anilines is 3. The third-order valence-corrected chi connectivity index (χ3v) is 3.70. The maximum Gasteiger partial charge on any atom is 0.248 e. The first-order valence-corrected chi connectivity index (χ1v) is 7.73. The average Bonchev–Trinajstić information content (AvgIpc) is 2.89. The highest BCUT2D eigenvalue weighted by molar-refractivity contribution is 7.80. The van der Waals surface area contributed by atoms with Crippen molar-refractivity contribution < 1.29 is 0 Å². The van der Waals surface area contributed by atoms with Gasteiger partial charge in [0.1, 0.15) is 4.99 Å². The van der Waals surface area contributed by atoms with Crippen LogP contribution in [0.1, 0.15) is 5.56 Å². The number of nitrogens with zero attached hydrogens (tertiary/aromatic N) is 3. The molecule has 0 saturated carbocycles. The molecule has 0 amide bonds. The van der Waals surface area contributed by atoms with Crippen LogP contribution in [0.15, 0.2) is 54.6 Å². The van der Waals surface area contributed by atoms with Gasteiger partial charge in [-0.3, -0.25) is 0 Å². The molecule has 0 bridgehead atoms. The zero-order chi connectivity index (χ0) is 16.2. The van der Waals surface area contributed by atoms with Gasteiger partial charge in [-0.2, -0.15) is 9.67 Å². The first-order chi connectivity index (χ1) is 11.1. The van der Waals surface area contributed by atoms with Crippen LogP contribution in [0.2, 0.25) is 5.02 Å². The topological polar surface area (TPSA) is 68.8 Å². The molecule has 3 rings (SSSR count). The van der Waals surface area contributed by atoms with E-state index in [1.165, 1.54) is 4.68 Å². The summed E-state index contributed by atoms with van der Waals surface area (Å²) < 4.78 is 1.47. The van der Waals surface area contributed by atoms with Gasteiger partial charge in [0, 0.05) is 17.1 Å². The molecule has 0 saturated heterocycles. The molecule has 3 aromatic rings. The summed E-state index contributed by atoms with van der Waals surface area (Å²) in [6.07, 6.45) is 0.570. The summed E-state index contributed by atoms with van der Waals surface area (Å²) in [5, 5.41) is 8.00. The van der Waals surface area contributed by atoms with Gasteiger partial charge < -0.3 is 11.1 Å². The fraction of sp³-hybridized carbons (Fsp3) is 0.0625. The van der Waals surface area contributed by atoms with Crippen molar-refractivity contribution in [1.82, 2.24) is 14.8 Å². The van der Waals surface area contributed by atoms with Crippen molar-refractivity contribution in [3.05, 3.63) is 65.2 Å². The Kier molecular flexibility index (Phi) is 4.55. The smallest absolute Gasteiger partial charge is 0.248 e. The molecule has 116 valence electrons. The molecule has 23 heavy (non-hydrogen) atoms. The summed E-state index contributed by atoms with van der Waals surface area (Å²) in [6, 6.07) is 17.2. The summed E-state index contributed by atoms with van der Waals surface area (Å²) in [5.74, 6) is 0.621. The molecule has 0 spiro atoms.